The number of aromatic nitrogens is 4. The lowest BCUT2D eigenvalue weighted by molar-refractivity contribution is -0.305. The number of aliphatic carboxylic acids is 1. The number of thioether (sulfide) groups is 1. The fourth-order valence-corrected chi connectivity index (χ4v) is 4.41. The molecule has 172 valence electrons. The van der Waals surface area contributed by atoms with Crippen molar-refractivity contribution < 1.29 is 19.7 Å². The van der Waals surface area contributed by atoms with Crippen molar-refractivity contribution >= 4 is 39.7 Å². The maximum Gasteiger partial charge on any atom is 0.329 e. The van der Waals surface area contributed by atoms with Crippen molar-refractivity contribution in [2.24, 2.45) is 7.05 Å². The number of aromatic amines is 1. The molecule has 0 amide bonds. The van der Waals surface area contributed by atoms with Crippen LogP contribution < -0.4 is 21.1 Å². The van der Waals surface area contributed by atoms with E-state index in [1.807, 2.05) is 42.5 Å². The zero-order chi connectivity index (χ0) is 23.5. The van der Waals surface area contributed by atoms with E-state index >= 15 is 0 Å². The second-order valence-corrected chi connectivity index (χ2v) is 8.47. The van der Waals surface area contributed by atoms with Gasteiger partial charge in [-0.05, 0) is 17.9 Å². The van der Waals surface area contributed by atoms with E-state index in [0.29, 0.717) is 10.9 Å². The number of nitrogens with zero attached hydrogens (tertiary/aromatic N) is 3. The van der Waals surface area contributed by atoms with E-state index in [0.717, 1.165) is 22.5 Å². The Bertz CT molecular complexity index is 1440. The molecule has 0 aliphatic carbocycles. The summed E-state index contributed by atoms with van der Waals surface area (Å²) in [6.45, 7) is -0.100. The molecule has 0 unspecified atom stereocenters. The maximum atomic E-state index is 12.5. The second-order valence-electron chi connectivity index (χ2n) is 7.41. The van der Waals surface area contributed by atoms with E-state index in [1.54, 1.807) is 0 Å². The Kier molecular flexibility index (Phi) is 6.52. The molecule has 0 radical (unpaired) electrons. The van der Waals surface area contributed by atoms with Gasteiger partial charge in [-0.3, -0.25) is 14.3 Å². The Morgan fingerprint density at radius 2 is 2.00 bits per heavy atom. The Morgan fingerprint density at radius 1 is 1.24 bits per heavy atom. The van der Waals surface area contributed by atoms with Gasteiger partial charge in [0.05, 0.1) is 6.54 Å². The summed E-state index contributed by atoms with van der Waals surface area (Å²) >= 11 is 1.09. The highest BCUT2D eigenvalue weighted by Crippen LogP contribution is 2.26. The van der Waals surface area contributed by atoms with Crippen LogP contribution in [-0.2, 0) is 18.4 Å². The maximum absolute atomic E-state index is 12.5. The molecule has 33 heavy (non-hydrogen) atoms. The van der Waals surface area contributed by atoms with Crippen LogP contribution >= 0.6 is 11.8 Å². The fourth-order valence-electron chi connectivity index (χ4n) is 3.49. The molecular formula is C22H21N4O6S-. The number of aliphatic hydroxyl groups is 1. The minimum absolute atomic E-state index is 0.0454. The summed E-state index contributed by atoms with van der Waals surface area (Å²) in [4.78, 5) is 41.8. The van der Waals surface area contributed by atoms with Gasteiger partial charge in [-0.25, -0.2) is 9.78 Å². The number of rotatable bonds is 9. The standard InChI is InChI=1S/C22H22N4O6S/c1-25-19-18(20(30)24-21(25)31)26(22(23-19)33-10-9-17(28)29)11-14(27)12-32-16-8-4-6-13-5-2-3-7-15(13)16/h2-8,14,27H,9-12H2,1H3,(H,28,29)(H,24,30,31)/p-1/t14-/m0/s1. The van der Waals surface area contributed by atoms with Crippen LogP contribution in [0.2, 0.25) is 0 Å². The number of ether oxygens (including phenoxy) is 1. The number of hydrogen-bond acceptors (Lipinski definition) is 8. The SMILES string of the molecule is Cn1c(=O)[nH]c(=O)c2c1nc(SCCC(=O)[O-])n2C[C@H](O)COc1cccc2ccccc12. The predicted molar refractivity (Wildman–Crippen MR) is 121 cm³/mol. The number of carbonyl (C=O) groups excluding carboxylic acids is 1. The van der Waals surface area contributed by atoms with Gasteiger partial charge >= 0.3 is 5.69 Å². The number of benzene rings is 2. The van der Waals surface area contributed by atoms with Gasteiger partial charge in [-0.15, -0.1) is 0 Å². The van der Waals surface area contributed by atoms with Gasteiger partial charge in [-0.1, -0.05) is 48.2 Å². The smallest absolute Gasteiger partial charge is 0.329 e. The normalized spacial score (nSPS) is 12.3. The third kappa shape index (κ3) is 4.78. The molecule has 0 saturated carbocycles. The molecule has 2 aromatic carbocycles. The van der Waals surface area contributed by atoms with Gasteiger partial charge in [0.2, 0.25) is 0 Å². The Balaban J connectivity index is 1.60. The second kappa shape index (κ2) is 9.51. The number of hydrogen-bond donors (Lipinski definition) is 2. The van der Waals surface area contributed by atoms with Crippen molar-refractivity contribution in [1.29, 1.82) is 0 Å². The Morgan fingerprint density at radius 3 is 2.79 bits per heavy atom. The molecule has 0 aliphatic rings. The Hall–Kier alpha value is -3.57. The van der Waals surface area contributed by atoms with Crippen LogP contribution in [0.15, 0.2) is 57.2 Å². The first kappa shape index (κ1) is 22.6. The molecule has 0 saturated heterocycles. The van der Waals surface area contributed by atoms with Crippen LogP contribution in [0.1, 0.15) is 6.42 Å². The van der Waals surface area contributed by atoms with Crippen LogP contribution in [0.3, 0.4) is 0 Å². The largest absolute Gasteiger partial charge is 0.550 e. The van der Waals surface area contributed by atoms with Gasteiger partial charge in [-0.2, -0.15) is 0 Å². The van der Waals surface area contributed by atoms with E-state index in [2.05, 4.69) is 9.97 Å². The van der Waals surface area contributed by atoms with E-state index in [-0.39, 0.29) is 36.5 Å². The first-order valence-corrected chi connectivity index (χ1v) is 11.1. The molecule has 2 N–H and O–H groups in total. The van der Waals surface area contributed by atoms with Gasteiger partial charge in [0.1, 0.15) is 18.5 Å². The van der Waals surface area contributed by atoms with Crippen LogP contribution in [0.25, 0.3) is 21.9 Å². The third-order valence-electron chi connectivity index (χ3n) is 5.08. The zero-order valence-electron chi connectivity index (χ0n) is 17.7. The lowest BCUT2D eigenvalue weighted by Crippen LogP contribution is -2.30. The molecule has 0 bridgehead atoms. The van der Waals surface area contributed by atoms with Gasteiger partial charge in [0.15, 0.2) is 16.3 Å². The molecule has 10 nitrogen and oxygen atoms in total. The minimum atomic E-state index is -1.21. The van der Waals surface area contributed by atoms with E-state index in [9.17, 15) is 24.6 Å². The third-order valence-corrected chi connectivity index (χ3v) is 6.06. The summed E-state index contributed by atoms with van der Waals surface area (Å²) in [6, 6.07) is 13.3. The van der Waals surface area contributed by atoms with Gasteiger partial charge in [0.25, 0.3) is 5.56 Å². The van der Waals surface area contributed by atoms with Crippen LogP contribution in [0, 0.1) is 0 Å². The first-order chi connectivity index (χ1) is 15.8. The highest BCUT2D eigenvalue weighted by atomic mass is 32.2. The quantitative estimate of drug-likeness (QED) is 0.332. The molecule has 4 aromatic rings. The lowest BCUT2D eigenvalue weighted by atomic mass is 10.1. The summed E-state index contributed by atoms with van der Waals surface area (Å²) < 4.78 is 8.52. The molecule has 0 aliphatic heterocycles. The average Bonchev–Trinajstić information content (AvgIpc) is 3.14. The van der Waals surface area contributed by atoms with Crippen molar-refractivity contribution in [3.8, 4) is 5.75 Å². The van der Waals surface area contributed by atoms with E-state index in [1.165, 1.54) is 16.2 Å². The Labute approximate surface area is 191 Å². The number of carboxylic acid groups (broad SMARTS) is 1. The van der Waals surface area contributed by atoms with Gasteiger partial charge < -0.3 is 24.3 Å². The lowest BCUT2D eigenvalue weighted by Gasteiger charge is -2.16. The van der Waals surface area contributed by atoms with Crippen LogP contribution in [0.4, 0.5) is 0 Å². The topological polar surface area (TPSA) is 142 Å². The molecular weight excluding hydrogens is 448 g/mol. The highest BCUT2D eigenvalue weighted by Gasteiger charge is 2.20. The number of fused-ring (bicyclic) bond motifs is 2. The molecule has 11 heteroatoms. The van der Waals surface area contributed by atoms with Crippen LogP contribution in [-0.4, -0.2) is 48.6 Å². The summed E-state index contributed by atoms with van der Waals surface area (Å²) in [5, 5.41) is 23.7. The van der Waals surface area contributed by atoms with Crippen molar-refractivity contribution in [1.82, 2.24) is 19.1 Å². The highest BCUT2D eigenvalue weighted by molar-refractivity contribution is 7.99. The van der Waals surface area contributed by atoms with Crippen molar-refractivity contribution in [3.63, 3.8) is 0 Å². The van der Waals surface area contributed by atoms with Gasteiger partial charge in [0, 0.05) is 24.2 Å². The van der Waals surface area contributed by atoms with Crippen LogP contribution in [0.5, 0.6) is 5.75 Å². The molecule has 2 heterocycles. The average molecular weight is 469 g/mol. The number of aliphatic hydroxyl groups excluding tert-OH is 1. The van der Waals surface area contributed by atoms with Crippen molar-refractivity contribution in [2.75, 3.05) is 12.4 Å². The molecule has 2 aromatic heterocycles. The monoisotopic (exact) mass is 469 g/mol. The molecule has 0 spiro atoms. The summed E-state index contributed by atoms with van der Waals surface area (Å²) in [6.07, 6.45) is -1.23. The summed E-state index contributed by atoms with van der Waals surface area (Å²) in [5.74, 6) is -0.439. The minimum Gasteiger partial charge on any atom is -0.550 e. The number of H-pyrrole nitrogens is 1. The number of imidazole rings is 1. The summed E-state index contributed by atoms with van der Waals surface area (Å²) in [5.41, 5.74) is -1.02. The van der Waals surface area contributed by atoms with Crippen molar-refractivity contribution in [2.45, 2.75) is 24.2 Å². The van der Waals surface area contributed by atoms with E-state index in [4.69, 9.17) is 4.74 Å². The number of nitrogens with one attached hydrogen (secondary N) is 1. The number of carbonyl (C=O) groups is 1. The van der Waals surface area contributed by atoms with Crippen molar-refractivity contribution in [3.05, 3.63) is 63.3 Å². The number of carboxylic acids is 1. The molecule has 4 rings (SSSR count). The fraction of sp³-hybridized carbons (Fsp3) is 0.273. The predicted octanol–water partition coefficient (Wildman–Crippen LogP) is 0.249. The zero-order valence-corrected chi connectivity index (χ0v) is 18.5. The molecule has 1 atom stereocenters. The number of aryl methyl sites for hydroxylation is 1. The molecule has 0 fully saturated rings. The van der Waals surface area contributed by atoms with E-state index < -0.39 is 23.3 Å². The first-order valence-electron chi connectivity index (χ1n) is 10.2. The summed E-state index contributed by atoms with van der Waals surface area (Å²) in [7, 11) is 1.47.